The van der Waals surface area contributed by atoms with Crippen molar-refractivity contribution in [3.63, 3.8) is 0 Å². The Morgan fingerprint density at radius 1 is 0.907 bits per heavy atom. The summed E-state index contributed by atoms with van der Waals surface area (Å²) in [4.78, 5) is 28.7. The van der Waals surface area contributed by atoms with Crippen LogP contribution in [0.1, 0.15) is 73.7 Å². The van der Waals surface area contributed by atoms with Gasteiger partial charge in [-0.15, -0.1) is 0 Å². The first kappa shape index (κ1) is 31.4. The van der Waals surface area contributed by atoms with Crippen molar-refractivity contribution in [3.8, 4) is 0 Å². The number of esters is 1. The number of ether oxygens (including phenoxy) is 3. The van der Waals surface area contributed by atoms with Crippen molar-refractivity contribution in [3.05, 3.63) is 70.8 Å². The molecule has 3 fully saturated rings. The van der Waals surface area contributed by atoms with Crippen LogP contribution in [0.2, 0.25) is 0 Å². The number of aliphatic hydroxyl groups excluding tert-OH is 1. The molecule has 3 saturated heterocycles. The Balaban J connectivity index is 1.22. The van der Waals surface area contributed by atoms with E-state index >= 15 is 0 Å². The van der Waals surface area contributed by atoms with Gasteiger partial charge >= 0.3 is 12.0 Å². The molecule has 2 aromatic carbocycles. The molecule has 0 aliphatic carbocycles. The van der Waals surface area contributed by atoms with Gasteiger partial charge in [-0.1, -0.05) is 48.5 Å². The molecule has 0 bridgehead atoms. The molecule has 2 amide bonds. The highest BCUT2D eigenvalue weighted by Gasteiger charge is 2.36. The summed E-state index contributed by atoms with van der Waals surface area (Å²) < 4.78 is 18.0. The molecule has 2 aromatic rings. The molecule has 10 heteroatoms. The number of rotatable bonds is 12. The van der Waals surface area contributed by atoms with Crippen molar-refractivity contribution in [2.24, 2.45) is 0 Å². The second kappa shape index (κ2) is 15.6. The van der Waals surface area contributed by atoms with Crippen LogP contribution >= 0.6 is 0 Å². The Kier molecular flexibility index (Phi) is 11.4. The van der Waals surface area contributed by atoms with Crippen molar-refractivity contribution in [1.82, 2.24) is 20.4 Å². The molecule has 0 spiro atoms. The lowest BCUT2D eigenvalue weighted by molar-refractivity contribution is -0.253. The Labute approximate surface area is 254 Å². The highest BCUT2D eigenvalue weighted by atomic mass is 16.7. The summed E-state index contributed by atoms with van der Waals surface area (Å²) in [7, 11) is 0. The number of likely N-dealkylation sites (tertiary alicyclic amines) is 2. The van der Waals surface area contributed by atoms with Crippen molar-refractivity contribution in [2.75, 3.05) is 45.9 Å². The molecule has 3 heterocycles. The minimum Gasteiger partial charge on any atom is -0.465 e. The number of amides is 2. The van der Waals surface area contributed by atoms with Gasteiger partial charge in [0.25, 0.3) is 0 Å². The van der Waals surface area contributed by atoms with Gasteiger partial charge in [-0.2, -0.15) is 0 Å². The van der Waals surface area contributed by atoms with E-state index in [1.54, 1.807) is 6.92 Å². The molecule has 0 saturated carbocycles. The number of hydrogen-bond acceptors (Lipinski definition) is 8. The first-order valence-electron chi connectivity index (χ1n) is 15.7. The van der Waals surface area contributed by atoms with Gasteiger partial charge in [-0.05, 0) is 68.9 Å². The second-order valence-corrected chi connectivity index (χ2v) is 11.7. The maximum atomic E-state index is 12.1. The van der Waals surface area contributed by atoms with E-state index in [0.29, 0.717) is 12.6 Å². The van der Waals surface area contributed by atoms with E-state index in [2.05, 4.69) is 20.4 Å². The standard InChI is InChI=1S/C33H46N4O6/c1-2-41-31(39)20-35-33(40)34-19-24-7-13-27(14-8-24)32-42-29(18-30(43-32)26-11-9-25(23-38)10-12-26)22-37-17-5-6-28(37)21-36-15-3-4-16-36/h7-14,28-30,32,38H,2-6,15-23H2,1H3,(H2,34,35,40). The van der Waals surface area contributed by atoms with Gasteiger partial charge in [0.05, 0.1) is 25.4 Å². The number of nitrogens with zero attached hydrogens (tertiary/aromatic N) is 2. The zero-order valence-electron chi connectivity index (χ0n) is 25.2. The van der Waals surface area contributed by atoms with Crippen LogP contribution in [0.5, 0.6) is 0 Å². The number of hydrogen-bond donors (Lipinski definition) is 3. The number of urea groups is 1. The van der Waals surface area contributed by atoms with Gasteiger partial charge < -0.3 is 34.9 Å². The minimum absolute atomic E-state index is 0.0157. The molecule has 234 valence electrons. The molecular weight excluding hydrogens is 548 g/mol. The third kappa shape index (κ3) is 9.00. The summed E-state index contributed by atoms with van der Waals surface area (Å²) in [6.45, 7) is 7.73. The lowest BCUT2D eigenvalue weighted by Gasteiger charge is -2.39. The van der Waals surface area contributed by atoms with Crippen LogP contribution in [0.25, 0.3) is 0 Å². The maximum absolute atomic E-state index is 12.1. The fraction of sp³-hybridized carbons (Fsp3) is 0.576. The Morgan fingerprint density at radius 2 is 1.63 bits per heavy atom. The lowest BCUT2D eigenvalue weighted by Crippen LogP contribution is -2.45. The monoisotopic (exact) mass is 594 g/mol. The van der Waals surface area contributed by atoms with Crippen LogP contribution in [0.3, 0.4) is 0 Å². The van der Waals surface area contributed by atoms with Crippen LogP contribution < -0.4 is 10.6 Å². The van der Waals surface area contributed by atoms with Crippen LogP contribution in [0.15, 0.2) is 48.5 Å². The van der Waals surface area contributed by atoms with Crippen molar-refractivity contribution in [2.45, 2.75) is 76.7 Å². The average Bonchev–Trinajstić information content (AvgIpc) is 3.72. The topological polar surface area (TPSA) is 113 Å². The molecule has 0 radical (unpaired) electrons. The van der Waals surface area contributed by atoms with Gasteiger partial charge in [-0.25, -0.2) is 4.79 Å². The Bertz CT molecular complexity index is 1170. The fourth-order valence-corrected chi connectivity index (χ4v) is 6.30. The van der Waals surface area contributed by atoms with Crippen LogP contribution in [-0.2, 0) is 32.2 Å². The van der Waals surface area contributed by atoms with E-state index in [0.717, 1.165) is 48.3 Å². The minimum atomic E-state index is -0.518. The van der Waals surface area contributed by atoms with E-state index in [-0.39, 0.29) is 32.0 Å². The number of carbonyl (C=O) groups is 2. The van der Waals surface area contributed by atoms with E-state index in [9.17, 15) is 14.7 Å². The molecule has 3 aliphatic rings. The third-order valence-corrected chi connectivity index (χ3v) is 8.62. The molecule has 43 heavy (non-hydrogen) atoms. The molecule has 10 nitrogen and oxygen atoms in total. The number of benzene rings is 2. The summed E-state index contributed by atoms with van der Waals surface area (Å²) in [6, 6.07) is 16.0. The predicted molar refractivity (Wildman–Crippen MR) is 162 cm³/mol. The van der Waals surface area contributed by atoms with Crippen molar-refractivity contribution >= 4 is 12.0 Å². The SMILES string of the molecule is CCOC(=O)CNC(=O)NCc1ccc(C2OC(CN3CCCC3CN3CCCC3)CC(c3ccc(CO)cc3)O2)cc1. The summed E-state index contributed by atoms with van der Waals surface area (Å²) in [6.07, 6.45) is 5.24. The first-order chi connectivity index (χ1) is 21.0. The van der Waals surface area contributed by atoms with Gasteiger partial charge in [0.2, 0.25) is 0 Å². The zero-order chi connectivity index (χ0) is 30.0. The molecule has 3 N–H and O–H groups in total. The Hall–Kier alpha value is -3.02. The highest BCUT2D eigenvalue weighted by molar-refractivity contribution is 5.80. The zero-order valence-corrected chi connectivity index (χ0v) is 25.2. The Morgan fingerprint density at radius 3 is 2.35 bits per heavy atom. The second-order valence-electron chi connectivity index (χ2n) is 11.7. The molecule has 4 atom stereocenters. The van der Waals surface area contributed by atoms with E-state index in [4.69, 9.17) is 14.2 Å². The fourth-order valence-electron chi connectivity index (χ4n) is 6.30. The number of nitrogens with one attached hydrogen (secondary N) is 2. The van der Waals surface area contributed by atoms with Crippen molar-refractivity contribution in [1.29, 1.82) is 0 Å². The van der Waals surface area contributed by atoms with Crippen LogP contribution in [0.4, 0.5) is 4.79 Å². The molecular formula is C33H46N4O6. The number of carbonyl (C=O) groups excluding carboxylic acids is 2. The van der Waals surface area contributed by atoms with E-state index < -0.39 is 18.3 Å². The lowest BCUT2D eigenvalue weighted by atomic mass is 9.99. The van der Waals surface area contributed by atoms with Crippen molar-refractivity contribution < 1.29 is 28.9 Å². The third-order valence-electron chi connectivity index (χ3n) is 8.62. The van der Waals surface area contributed by atoms with Gasteiger partial charge in [0, 0.05) is 37.7 Å². The largest absolute Gasteiger partial charge is 0.465 e. The smallest absolute Gasteiger partial charge is 0.325 e. The molecule has 3 aliphatic heterocycles. The summed E-state index contributed by atoms with van der Waals surface area (Å²) in [5.41, 5.74) is 3.80. The average molecular weight is 595 g/mol. The van der Waals surface area contributed by atoms with Gasteiger partial charge in [0.15, 0.2) is 6.29 Å². The van der Waals surface area contributed by atoms with Crippen LogP contribution in [-0.4, -0.2) is 84.9 Å². The number of aliphatic hydroxyl groups is 1. The maximum Gasteiger partial charge on any atom is 0.325 e. The predicted octanol–water partition coefficient (Wildman–Crippen LogP) is 3.65. The normalized spacial score (nSPS) is 24.6. The molecule has 0 aromatic heterocycles. The molecule has 4 unspecified atom stereocenters. The quantitative estimate of drug-likeness (QED) is 0.320. The van der Waals surface area contributed by atoms with Gasteiger partial charge in [-0.3, -0.25) is 9.69 Å². The van der Waals surface area contributed by atoms with E-state index in [1.807, 2.05) is 48.5 Å². The first-order valence-corrected chi connectivity index (χ1v) is 15.7. The van der Waals surface area contributed by atoms with Gasteiger partial charge in [0.1, 0.15) is 6.54 Å². The van der Waals surface area contributed by atoms with Crippen LogP contribution in [0, 0.1) is 0 Å². The van der Waals surface area contributed by atoms with E-state index in [1.165, 1.54) is 38.8 Å². The summed E-state index contributed by atoms with van der Waals surface area (Å²) >= 11 is 0. The summed E-state index contributed by atoms with van der Waals surface area (Å²) in [5.74, 6) is -0.470. The molecule has 5 rings (SSSR count). The summed E-state index contributed by atoms with van der Waals surface area (Å²) in [5, 5.41) is 14.8. The highest BCUT2D eigenvalue weighted by Crippen LogP contribution is 2.39.